The number of nitrogens with two attached hydrogens (primary N) is 1. The van der Waals surface area contributed by atoms with Crippen LogP contribution in [0.1, 0.15) is 25.0 Å². The normalized spacial score (nSPS) is 16.4. The number of nitrogens with one attached hydrogen (secondary N) is 1. The van der Waals surface area contributed by atoms with E-state index >= 15 is 0 Å². The highest BCUT2D eigenvalue weighted by Gasteiger charge is 2.41. The van der Waals surface area contributed by atoms with Gasteiger partial charge in [-0.15, -0.1) is 0 Å². The van der Waals surface area contributed by atoms with E-state index in [2.05, 4.69) is 36.2 Å². The van der Waals surface area contributed by atoms with E-state index in [9.17, 15) is 4.79 Å². The number of fused-ring (bicyclic) bond motifs is 1. The number of rotatable bonds is 7. The molecule has 0 spiro atoms. The van der Waals surface area contributed by atoms with E-state index in [1.165, 1.54) is 11.1 Å². The summed E-state index contributed by atoms with van der Waals surface area (Å²) in [5.41, 5.74) is 7.55. The molecule has 0 heterocycles. The van der Waals surface area contributed by atoms with Gasteiger partial charge in [0.1, 0.15) is 5.54 Å². The first-order valence-electron chi connectivity index (χ1n) is 7.45. The van der Waals surface area contributed by atoms with Crippen LogP contribution >= 0.6 is 0 Å². The molecule has 20 heavy (non-hydrogen) atoms. The first-order chi connectivity index (χ1) is 9.61. The predicted octanol–water partition coefficient (Wildman–Crippen LogP) is 0.941. The number of carbonyl (C=O) groups excluding carboxylic acids is 1. The molecular weight excluding hydrogens is 250 g/mol. The van der Waals surface area contributed by atoms with E-state index in [4.69, 9.17) is 5.73 Å². The van der Waals surface area contributed by atoms with Crippen LogP contribution in [0.2, 0.25) is 0 Å². The molecule has 1 aliphatic rings. The lowest BCUT2D eigenvalue weighted by molar-refractivity contribution is -0.124. The Bertz CT molecular complexity index is 444. The monoisotopic (exact) mass is 275 g/mol. The molecule has 4 heteroatoms. The zero-order chi connectivity index (χ0) is 14.6. The number of benzene rings is 1. The van der Waals surface area contributed by atoms with Gasteiger partial charge in [-0.05, 0) is 24.2 Å². The Balaban J connectivity index is 2.01. The largest absolute Gasteiger partial charge is 0.368 e. The fraction of sp³-hybridized carbons (Fsp3) is 0.562. The van der Waals surface area contributed by atoms with E-state index in [1.54, 1.807) is 0 Å². The van der Waals surface area contributed by atoms with Crippen LogP contribution in [0.5, 0.6) is 0 Å². The SMILES string of the molecule is CCN(CC)CCNC1(C(N)=O)Cc2ccccc2C1. The minimum absolute atomic E-state index is 0.242. The van der Waals surface area contributed by atoms with Crippen molar-refractivity contribution in [3.8, 4) is 0 Å². The molecule has 1 aromatic rings. The summed E-state index contributed by atoms with van der Waals surface area (Å²) in [6.07, 6.45) is 1.41. The van der Waals surface area contributed by atoms with Gasteiger partial charge in [0.15, 0.2) is 0 Å². The van der Waals surface area contributed by atoms with Crippen molar-refractivity contribution >= 4 is 5.91 Å². The third-order valence-corrected chi connectivity index (χ3v) is 4.36. The Hall–Kier alpha value is -1.39. The maximum Gasteiger partial charge on any atom is 0.238 e. The first kappa shape index (κ1) is 15.0. The summed E-state index contributed by atoms with van der Waals surface area (Å²) >= 11 is 0. The molecule has 0 aliphatic heterocycles. The maximum atomic E-state index is 12.0. The molecule has 0 bridgehead atoms. The lowest BCUT2D eigenvalue weighted by Gasteiger charge is -2.28. The van der Waals surface area contributed by atoms with Gasteiger partial charge in [0.05, 0.1) is 0 Å². The Morgan fingerprint density at radius 3 is 2.25 bits per heavy atom. The Labute approximate surface area is 121 Å². The van der Waals surface area contributed by atoms with Crippen LogP contribution in [0.15, 0.2) is 24.3 Å². The minimum Gasteiger partial charge on any atom is -0.368 e. The van der Waals surface area contributed by atoms with Crippen LogP contribution in [0.3, 0.4) is 0 Å². The first-order valence-corrected chi connectivity index (χ1v) is 7.45. The molecule has 0 fully saturated rings. The molecule has 1 amide bonds. The molecule has 0 radical (unpaired) electrons. The second-order valence-corrected chi connectivity index (χ2v) is 5.52. The number of amides is 1. The number of likely N-dealkylation sites (N-methyl/N-ethyl adjacent to an activating group) is 1. The molecule has 3 N–H and O–H groups in total. The highest BCUT2D eigenvalue weighted by Crippen LogP contribution is 2.29. The van der Waals surface area contributed by atoms with Crippen molar-refractivity contribution < 1.29 is 4.79 Å². The van der Waals surface area contributed by atoms with Gasteiger partial charge in [0.25, 0.3) is 0 Å². The van der Waals surface area contributed by atoms with Crippen molar-refractivity contribution in [2.24, 2.45) is 5.73 Å². The molecule has 0 saturated carbocycles. The molecule has 2 rings (SSSR count). The summed E-state index contributed by atoms with van der Waals surface area (Å²) in [5, 5.41) is 3.42. The van der Waals surface area contributed by atoms with Crippen LogP contribution in [0, 0.1) is 0 Å². The molecule has 4 nitrogen and oxygen atoms in total. The van der Waals surface area contributed by atoms with Crippen LogP contribution < -0.4 is 11.1 Å². The van der Waals surface area contributed by atoms with E-state index in [-0.39, 0.29) is 5.91 Å². The average molecular weight is 275 g/mol. The quantitative estimate of drug-likeness (QED) is 0.778. The second-order valence-electron chi connectivity index (χ2n) is 5.52. The molecule has 0 saturated heterocycles. The lowest BCUT2D eigenvalue weighted by Crippen LogP contribution is -2.57. The Kier molecular flexibility index (Phi) is 4.78. The zero-order valence-corrected chi connectivity index (χ0v) is 12.5. The third-order valence-electron chi connectivity index (χ3n) is 4.36. The number of nitrogens with zero attached hydrogens (tertiary/aromatic N) is 1. The smallest absolute Gasteiger partial charge is 0.238 e. The number of hydrogen-bond donors (Lipinski definition) is 2. The number of primary amides is 1. The Morgan fingerprint density at radius 2 is 1.80 bits per heavy atom. The summed E-state index contributed by atoms with van der Waals surface area (Å²) in [4.78, 5) is 14.3. The topological polar surface area (TPSA) is 58.4 Å². The second kappa shape index (κ2) is 6.37. The molecular formula is C16H25N3O. The van der Waals surface area contributed by atoms with Gasteiger partial charge in [-0.2, -0.15) is 0 Å². The minimum atomic E-state index is -0.600. The summed E-state index contributed by atoms with van der Waals surface area (Å²) in [6, 6.07) is 8.22. The number of hydrogen-bond acceptors (Lipinski definition) is 3. The molecule has 1 aromatic carbocycles. The highest BCUT2D eigenvalue weighted by molar-refractivity contribution is 5.86. The maximum absolute atomic E-state index is 12.0. The predicted molar refractivity (Wildman–Crippen MR) is 81.6 cm³/mol. The van der Waals surface area contributed by atoms with Gasteiger partial charge < -0.3 is 16.0 Å². The van der Waals surface area contributed by atoms with Crippen LogP contribution in [-0.4, -0.2) is 42.5 Å². The molecule has 0 unspecified atom stereocenters. The highest BCUT2D eigenvalue weighted by atomic mass is 16.1. The van der Waals surface area contributed by atoms with E-state index in [0.29, 0.717) is 12.8 Å². The fourth-order valence-electron chi connectivity index (χ4n) is 2.99. The van der Waals surface area contributed by atoms with Crippen molar-refractivity contribution in [3.63, 3.8) is 0 Å². The number of carbonyl (C=O) groups is 1. The van der Waals surface area contributed by atoms with Crippen molar-refractivity contribution in [2.45, 2.75) is 32.2 Å². The average Bonchev–Trinajstić information content (AvgIpc) is 2.83. The van der Waals surface area contributed by atoms with Gasteiger partial charge in [-0.25, -0.2) is 0 Å². The van der Waals surface area contributed by atoms with Crippen molar-refractivity contribution in [1.29, 1.82) is 0 Å². The summed E-state index contributed by atoms with van der Waals surface area (Å²) in [7, 11) is 0. The van der Waals surface area contributed by atoms with Crippen molar-refractivity contribution in [2.75, 3.05) is 26.2 Å². The third kappa shape index (κ3) is 3.02. The zero-order valence-electron chi connectivity index (χ0n) is 12.5. The summed E-state index contributed by atoms with van der Waals surface area (Å²) < 4.78 is 0. The van der Waals surface area contributed by atoms with E-state index in [1.807, 2.05) is 12.1 Å². The molecule has 1 aliphatic carbocycles. The summed E-state index contributed by atoms with van der Waals surface area (Å²) in [5.74, 6) is -0.242. The van der Waals surface area contributed by atoms with Crippen molar-refractivity contribution in [3.05, 3.63) is 35.4 Å². The van der Waals surface area contributed by atoms with Gasteiger partial charge in [0.2, 0.25) is 5.91 Å². The molecule has 110 valence electrons. The standard InChI is InChI=1S/C16H25N3O/c1-3-19(4-2)10-9-18-16(15(17)20)11-13-7-5-6-8-14(13)12-16/h5-8,18H,3-4,9-12H2,1-2H3,(H2,17,20). The fourth-order valence-corrected chi connectivity index (χ4v) is 2.99. The van der Waals surface area contributed by atoms with Gasteiger partial charge >= 0.3 is 0 Å². The van der Waals surface area contributed by atoms with E-state index in [0.717, 1.165) is 26.2 Å². The molecule has 0 aromatic heterocycles. The van der Waals surface area contributed by atoms with Crippen LogP contribution in [-0.2, 0) is 17.6 Å². The molecule has 0 atom stereocenters. The lowest BCUT2D eigenvalue weighted by atomic mass is 9.94. The van der Waals surface area contributed by atoms with Crippen LogP contribution in [0.25, 0.3) is 0 Å². The Morgan fingerprint density at radius 1 is 1.25 bits per heavy atom. The van der Waals surface area contributed by atoms with Gasteiger partial charge in [0, 0.05) is 25.9 Å². The van der Waals surface area contributed by atoms with Gasteiger partial charge in [-0.1, -0.05) is 38.1 Å². The summed E-state index contributed by atoms with van der Waals surface area (Å²) in [6.45, 7) is 8.10. The van der Waals surface area contributed by atoms with Crippen LogP contribution in [0.4, 0.5) is 0 Å². The van der Waals surface area contributed by atoms with Crippen molar-refractivity contribution in [1.82, 2.24) is 10.2 Å². The van der Waals surface area contributed by atoms with Gasteiger partial charge in [-0.3, -0.25) is 4.79 Å². The van der Waals surface area contributed by atoms with E-state index < -0.39 is 5.54 Å².